The van der Waals surface area contributed by atoms with Crippen LogP contribution in [0.3, 0.4) is 0 Å². The number of benzene rings is 2. The summed E-state index contributed by atoms with van der Waals surface area (Å²) in [6.07, 6.45) is 0. The SMILES string of the molecule is COC(=O)c1cc(N)ccc1O.COC(=O)c1cc([N+](=O)[O-])ccc1O. The zero-order valence-corrected chi connectivity index (χ0v) is 13.8. The van der Waals surface area contributed by atoms with E-state index in [1.807, 2.05) is 0 Å². The third-order valence-electron chi connectivity index (χ3n) is 3.02. The van der Waals surface area contributed by atoms with E-state index < -0.39 is 16.9 Å². The van der Waals surface area contributed by atoms with Gasteiger partial charge >= 0.3 is 11.9 Å². The zero-order valence-electron chi connectivity index (χ0n) is 13.8. The van der Waals surface area contributed by atoms with E-state index in [1.165, 1.54) is 25.3 Å². The van der Waals surface area contributed by atoms with E-state index in [9.17, 15) is 29.9 Å². The van der Waals surface area contributed by atoms with Crippen molar-refractivity contribution in [1.29, 1.82) is 0 Å². The lowest BCUT2D eigenvalue weighted by Crippen LogP contribution is -2.02. The molecule has 2 aromatic rings. The molecule has 10 heteroatoms. The van der Waals surface area contributed by atoms with Gasteiger partial charge in [-0.15, -0.1) is 0 Å². The number of non-ortho nitro benzene ring substituents is 1. The topological polar surface area (TPSA) is 162 Å². The molecule has 0 saturated heterocycles. The minimum atomic E-state index is -0.814. The van der Waals surface area contributed by atoms with Gasteiger partial charge < -0.3 is 25.4 Å². The molecule has 2 aromatic carbocycles. The first-order valence-corrected chi connectivity index (χ1v) is 6.93. The minimum Gasteiger partial charge on any atom is -0.507 e. The number of methoxy groups -OCH3 is 2. The van der Waals surface area contributed by atoms with Crippen LogP contribution in [0.15, 0.2) is 36.4 Å². The number of aromatic hydroxyl groups is 2. The van der Waals surface area contributed by atoms with Gasteiger partial charge in [0, 0.05) is 17.8 Å². The van der Waals surface area contributed by atoms with Crippen molar-refractivity contribution in [3.63, 3.8) is 0 Å². The summed E-state index contributed by atoms with van der Waals surface area (Å²) in [4.78, 5) is 31.6. The molecule has 0 aliphatic carbocycles. The minimum absolute atomic E-state index is 0.0810. The predicted octanol–water partition coefficient (Wildman–Crippen LogP) is 1.85. The van der Waals surface area contributed by atoms with E-state index in [2.05, 4.69) is 9.47 Å². The molecule has 0 bridgehead atoms. The Morgan fingerprint density at radius 1 is 0.962 bits per heavy atom. The van der Waals surface area contributed by atoms with Gasteiger partial charge in [-0.2, -0.15) is 0 Å². The second kappa shape index (κ2) is 8.87. The summed E-state index contributed by atoms with van der Waals surface area (Å²) < 4.78 is 8.75. The highest BCUT2D eigenvalue weighted by Gasteiger charge is 2.16. The number of carbonyl (C=O) groups is 2. The molecule has 2 rings (SSSR count). The third-order valence-corrected chi connectivity index (χ3v) is 3.02. The number of ether oxygens (including phenoxy) is 2. The number of nitro benzene ring substituents is 1. The molecule has 138 valence electrons. The molecule has 0 aromatic heterocycles. The Morgan fingerprint density at radius 2 is 1.42 bits per heavy atom. The van der Waals surface area contributed by atoms with Gasteiger partial charge in [-0.3, -0.25) is 10.1 Å². The lowest BCUT2D eigenvalue weighted by molar-refractivity contribution is -0.384. The standard InChI is InChI=1S/C8H7NO5.C8H9NO3/c1-14-8(11)6-4-5(9(12)13)2-3-7(6)10;1-12-8(11)6-4-5(9)2-3-7(6)10/h2-4,10H,1H3;2-4,10H,9H2,1H3. The Kier molecular flexibility index (Phi) is 6.90. The van der Waals surface area contributed by atoms with Gasteiger partial charge in [0.2, 0.25) is 0 Å². The van der Waals surface area contributed by atoms with Crippen molar-refractivity contribution >= 4 is 23.3 Å². The fraction of sp³-hybridized carbons (Fsp3) is 0.125. The quantitative estimate of drug-likeness (QED) is 0.242. The van der Waals surface area contributed by atoms with Crippen LogP contribution in [0.1, 0.15) is 20.7 Å². The number of nitrogens with zero attached hydrogens (tertiary/aromatic N) is 1. The van der Waals surface area contributed by atoms with Crippen LogP contribution in [0.4, 0.5) is 11.4 Å². The van der Waals surface area contributed by atoms with E-state index in [0.717, 1.165) is 25.3 Å². The molecule has 0 aliphatic heterocycles. The predicted molar refractivity (Wildman–Crippen MR) is 90.0 cm³/mol. The van der Waals surface area contributed by atoms with Crippen molar-refractivity contribution in [3.8, 4) is 11.5 Å². The van der Waals surface area contributed by atoms with Crippen LogP contribution < -0.4 is 5.73 Å². The Balaban J connectivity index is 0.000000263. The zero-order chi connectivity index (χ0) is 19.9. The maximum absolute atomic E-state index is 11.0. The van der Waals surface area contributed by atoms with Gasteiger partial charge in [0.25, 0.3) is 5.69 Å². The first-order valence-electron chi connectivity index (χ1n) is 6.93. The number of hydrogen-bond acceptors (Lipinski definition) is 9. The van der Waals surface area contributed by atoms with E-state index in [0.29, 0.717) is 5.69 Å². The summed E-state index contributed by atoms with van der Waals surface area (Å²) in [5.41, 5.74) is 5.40. The largest absolute Gasteiger partial charge is 0.507 e. The number of nitro groups is 1. The third kappa shape index (κ3) is 5.09. The van der Waals surface area contributed by atoms with E-state index in [1.54, 1.807) is 0 Å². The maximum atomic E-state index is 11.0. The fourth-order valence-electron chi connectivity index (χ4n) is 1.74. The summed E-state index contributed by atoms with van der Waals surface area (Å²) in [7, 11) is 2.37. The molecule has 0 atom stereocenters. The monoisotopic (exact) mass is 364 g/mol. The number of rotatable bonds is 3. The first kappa shape index (κ1) is 20.2. The molecule has 0 radical (unpaired) electrons. The second-order valence-electron chi connectivity index (χ2n) is 4.72. The number of anilines is 1. The van der Waals surface area contributed by atoms with Crippen LogP contribution in [-0.2, 0) is 9.47 Å². The van der Waals surface area contributed by atoms with E-state index in [-0.39, 0.29) is 28.3 Å². The van der Waals surface area contributed by atoms with Gasteiger partial charge in [0.1, 0.15) is 22.6 Å². The molecule has 0 unspecified atom stereocenters. The van der Waals surface area contributed by atoms with Crippen LogP contribution in [-0.4, -0.2) is 41.3 Å². The normalized spacial score (nSPS) is 9.46. The molecule has 0 heterocycles. The van der Waals surface area contributed by atoms with Crippen molar-refractivity contribution in [1.82, 2.24) is 0 Å². The second-order valence-corrected chi connectivity index (χ2v) is 4.72. The number of hydrogen-bond donors (Lipinski definition) is 3. The average Bonchev–Trinajstić information content (AvgIpc) is 2.63. The number of carbonyl (C=O) groups excluding carboxylic acids is 2. The maximum Gasteiger partial charge on any atom is 0.341 e. The molecule has 0 saturated carbocycles. The molecular weight excluding hydrogens is 348 g/mol. The van der Waals surface area contributed by atoms with Gasteiger partial charge in [-0.1, -0.05) is 0 Å². The smallest absolute Gasteiger partial charge is 0.341 e. The highest BCUT2D eigenvalue weighted by Crippen LogP contribution is 2.23. The number of nitrogen functional groups attached to an aromatic ring is 1. The number of nitrogens with two attached hydrogens (primary N) is 1. The lowest BCUT2D eigenvalue weighted by atomic mass is 10.2. The molecule has 0 fully saturated rings. The van der Waals surface area contributed by atoms with Crippen molar-refractivity contribution in [2.75, 3.05) is 20.0 Å². The van der Waals surface area contributed by atoms with Crippen molar-refractivity contribution in [3.05, 3.63) is 57.6 Å². The summed E-state index contributed by atoms with van der Waals surface area (Å²) in [5.74, 6) is -1.88. The molecule has 0 spiro atoms. The van der Waals surface area contributed by atoms with Crippen LogP contribution in [0, 0.1) is 10.1 Å². The van der Waals surface area contributed by atoms with Crippen molar-refractivity contribution in [2.45, 2.75) is 0 Å². The summed E-state index contributed by atoms with van der Waals surface area (Å²) in [6, 6.07) is 7.35. The summed E-state index contributed by atoms with van der Waals surface area (Å²) in [6.45, 7) is 0. The molecule has 0 amide bonds. The highest BCUT2D eigenvalue weighted by molar-refractivity contribution is 5.93. The van der Waals surface area contributed by atoms with Crippen LogP contribution >= 0.6 is 0 Å². The average molecular weight is 364 g/mol. The first-order chi connectivity index (χ1) is 12.2. The molecule has 10 nitrogen and oxygen atoms in total. The molecular formula is C16H16N2O8. The number of phenols is 2. The van der Waals surface area contributed by atoms with Gasteiger partial charge in [0.15, 0.2) is 0 Å². The Bertz CT molecular complexity index is 835. The highest BCUT2D eigenvalue weighted by atomic mass is 16.6. The summed E-state index contributed by atoms with van der Waals surface area (Å²) >= 11 is 0. The van der Waals surface area contributed by atoms with Crippen LogP contribution in [0.2, 0.25) is 0 Å². The van der Waals surface area contributed by atoms with E-state index in [4.69, 9.17) is 5.73 Å². The lowest BCUT2D eigenvalue weighted by Gasteiger charge is -2.02. The van der Waals surface area contributed by atoms with E-state index >= 15 is 0 Å². The fourth-order valence-corrected chi connectivity index (χ4v) is 1.74. The molecule has 26 heavy (non-hydrogen) atoms. The van der Waals surface area contributed by atoms with Crippen molar-refractivity contribution in [2.24, 2.45) is 0 Å². The number of esters is 2. The Labute approximate surface area is 147 Å². The Morgan fingerprint density at radius 3 is 1.88 bits per heavy atom. The van der Waals surface area contributed by atoms with Crippen molar-refractivity contribution < 1.29 is 34.2 Å². The van der Waals surface area contributed by atoms with Gasteiger partial charge in [-0.05, 0) is 24.3 Å². The molecule has 4 N–H and O–H groups in total. The number of phenolic OH excluding ortho intramolecular Hbond substituents is 2. The summed E-state index contributed by atoms with van der Waals surface area (Å²) in [5, 5.41) is 28.7. The molecule has 0 aliphatic rings. The van der Waals surface area contributed by atoms with Crippen LogP contribution in [0.5, 0.6) is 11.5 Å². The van der Waals surface area contributed by atoms with Crippen LogP contribution in [0.25, 0.3) is 0 Å². The van der Waals surface area contributed by atoms with Gasteiger partial charge in [0.05, 0.1) is 19.1 Å². The Hall–Kier alpha value is -3.82. The van der Waals surface area contributed by atoms with Gasteiger partial charge in [-0.25, -0.2) is 9.59 Å².